The number of pyridine rings is 1. The number of piperazine rings is 1. The number of ketones is 1. The minimum atomic E-state index is -0.239. The van der Waals surface area contributed by atoms with Gasteiger partial charge < -0.3 is 5.32 Å². The number of carbonyl (C=O) groups is 2. The standard InChI is InChI=1S/C19H20Br2N4O2S/c20-18-16-13(9-14(26)17(16)19(21)28-18)23-15(27)11-25-7-5-24(6-8-25)10-12-3-1-2-4-22-12/h1-4,13H,5-11H2,(H,23,27). The number of rotatable bonds is 5. The fourth-order valence-electron chi connectivity index (χ4n) is 3.74. The molecule has 0 aromatic carbocycles. The molecule has 0 saturated carbocycles. The third-order valence-electron chi connectivity index (χ3n) is 5.15. The molecule has 1 atom stereocenters. The molecule has 9 heteroatoms. The molecule has 1 amide bonds. The van der Waals surface area contributed by atoms with Gasteiger partial charge in [0.2, 0.25) is 5.91 Å². The van der Waals surface area contributed by atoms with Crippen molar-refractivity contribution in [2.75, 3.05) is 32.7 Å². The molecule has 3 heterocycles. The fourth-order valence-corrected chi connectivity index (χ4v) is 7.11. The first-order chi connectivity index (χ1) is 13.5. The van der Waals surface area contributed by atoms with Gasteiger partial charge in [-0.25, -0.2) is 0 Å². The Morgan fingerprint density at radius 1 is 1.18 bits per heavy atom. The van der Waals surface area contributed by atoms with Crippen molar-refractivity contribution < 1.29 is 9.59 Å². The first-order valence-electron chi connectivity index (χ1n) is 9.16. The van der Waals surface area contributed by atoms with E-state index in [2.05, 4.69) is 52.0 Å². The third kappa shape index (κ3) is 4.38. The second-order valence-corrected chi connectivity index (χ2v) is 10.7. The van der Waals surface area contributed by atoms with Crippen LogP contribution in [0.1, 0.15) is 34.1 Å². The van der Waals surface area contributed by atoms with Gasteiger partial charge in [-0.3, -0.25) is 24.4 Å². The Kier molecular flexibility index (Phi) is 6.27. The van der Waals surface area contributed by atoms with E-state index < -0.39 is 0 Å². The zero-order valence-electron chi connectivity index (χ0n) is 15.2. The lowest BCUT2D eigenvalue weighted by Gasteiger charge is -2.34. The van der Waals surface area contributed by atoms with Crippen molar-refractivity contribution in [1.29, 1.82) is 0 Å². The van der Waals surface area contributed by atoms with E-state index in [-0.39, 0.29) is 17.7 Å². The monoisotopic (exact) mass is 526 g/mol. The molecule has 148 valence electrons. The molecule has 1 fully saturated rings. The van der Waals surface area contributed by atoms with Crippen LogP contribution in [0.4, 0.5) is 0 Å². The zero-order chi connectivity index (χ0) is 19.7. The van der Waals surface area contributed by atoms with Crippen molar-refractivity contribution in [3.8, 4) is 0 Å². The Balaban J connectivity index is 1.27. The van der Waals surface area contributed by atoms with Crippen molar-refractivity contribution in [3.05, 3.63) is 48.8 Å². The van der Waals surface area contributed by atoms with Gasteiger partial charge >= 0.3 is 0 Å². The first kappa shape index (κ1) is 20.2. The van der Waals surface area contributed by atoms with Crippen molar-refractivity contribution in [3.63, 3.8) is 0 Å². The lowest BCUT2D eigenvalue weighted by atomic mass is 10.2. The average molecular weight is 528 g/mol. The maximum Gasteiger partial charge on any atom is 0.234 e. The van der Waals surface area contributed by atoms with Crippen molar-refractivity contribution in [2.24, 2.45) is 0 Å². The van der Waals surface area contributed by atoms with Gasteiger partial charge in [0, 0.05) is 56.5 Å². The number of nitrogens with one attached hydrogen (secondary N) is 1. The van der Waals surface area contributed by atoms with Gasteiger partial charge in [0.05, 0.1) is 25.9 Å². The largest absolute Gasteiger partial charge is 0.348 e. The summed E-state index contributed by atoms with van der Waals surface area (Å²) in [6.07, 6.45) is 2.15. The fraction of sp³-hybridized carbons (Fsp3) is 0.421. The second kappa shape index (κ2) is 8.71. The summed E-state index contributed by atoms with van der Waals surface area (Å²) < 4.78 is 1.74. The quantitative estimate of drug-likeness (QED) is 0.646. The number of hydrogen-bond donors (Lipinski definition) is 1. The molecule has 0 bridgehead atoms. The van der Waals surface area contributed by atoms with Crippen molar-refractivity contribution in [2.45, 2.75) is 19.0 Å². The molecule has 2 aromatic heterocycles. The summed E-state index contributed by atoms with van der Waals surface area (Å²) in [5.74, 6) is 0.0512. The minimum absolute atomic E-state index is 0.0296. The van der Waals surface area contributed by atoms with Crippen LogP contribution >= 0.6 is 43.2 Å². The van der Waals surface area contributed by atoms with Crippen LogP contribution in [0, 0.1) is 0 Å². The van der Waals surface area contributed by atoms with Gasteiger partial charge in [0.15, 0.2) is 5.78 Å². The van der Waals surface area contributed by atoms with Crippen LogP contribution in [-0.4, -0.2) is 59.2 Å². The molecule has 1 N–H and O–H groups in total. The van der Waals surface area contributed by atoms with E-state index in [1.807, 2.05) is 24.4 Å². The molecule has 0 radical (unpaired) electrons. The summed E-state index contributed by atoms with van der Waals surface area (Å²) in [6.45, 7) is 4.73. The number of aromatic nitrogens is 1. The highest BCUT2D eigenvalue weighted by Gasteiger charge is 2.36. The summed E-state index contributed by atoms with van der Waals surface area (Å²) in [5, 5.41) is 3.05. The topological polar surface area (TPSA) is 65.5 Å². The summed E-state index contributed by atoms with van der Waals surface area (Å²) >= 11 is 8.45. The molecule has 1 saturated heterocycles. The number of carbonyl (C=O) groups excluding carboxylic acids is 2. The summed E-state index contributed by atoms with van der Waals surface area (Å²) in [4.78, 5) is 33.7. The molecule has 2 aromatic rings. The predicted molar refractivity (Wildman–Crippen MR) is 116 cm³/mol. The Morgan fingerprint density at radius 2 is 1.93 bits per heavy atom. The van der Waals surface area contributed by atoms with Gasteiger partial charge in [0.1, 0.15) is 0 Å². The lowest BCUT2D eigenvalue weighted by Crippen LogP contribution is -2.49. The van der Waals surface area contributed by atoms with E-state index in [0.29, 0.717) is 18.5 Å². The summed E-state index contributed by atoms with van der Waals surface area (Å²) in [6, 6.07) is 5.73. The lowest BCUT2D eigenvalue weighted by molar-refractivity contribution is -0.123. The Labute approximate surface area is 184 Å². The highest BCUT2D eigenvalue weighted by Crippen LogP contribution is 2.46. The minimum Gasteiger partial charge on any atom is -0.348 e. The molecule has 1 aliphatic heterocycles. The number of halogens is 2. The first-order valence-corrected chi connectivity index (χ1v) is 11.6. The number of thiophene rings is 1. The van der Waals surface area contributed by atoms with Gasteiger partial charge in [0.25, 0.3) is 0 Å². The molecule has 4 rings (SSSR count). The van der Waals surface area contributed by atoms with Crippen LogP contribution in [-0.2, 0) is 11.3 Å². The van der Waals surface area contributed by atoms with Gasteiger partial charge in [-0.15, -0.1) is 11.3 Å². The highest BCUT2D eigenvalue weighted by atomic mass is 79.9. The molecule has 1 aliphatic carbocycles. The SMILES string of the molecule is O=C(CN1CCN(Cc2ccccn2)CC1)NC1CC(=O)c2c(Br)sc(Br)c21. The van der Waals surface area contributed by atoms with E-state index >= 15 is 0 Å². The molecule has 2 aliphatic rings. The van der Waals surface area contributed by atoms with E-state index in [1.165, 1.54) is 11.3 Å². The zero-order valence-corrected chi connectivity index (χ0v) is 19.1. The van der Waals surface area contributed by atoms with E-state index in [4.69, 9.17) is 0 Å². The molecular formula is C19H20Br2N4O2S. The Bertz CT molecular complexity index is 882. The number of hydrogen-bond acceptors (Lipinski definition) is 6. The van der Waals surface area contributed by atoms with E-state index in [9.17, 15) is 9.59 Å². The van der Waals surface area contributed by atoms with E-state index in [1.54, 1.807) is 0 Å². The predicted octanol–water partition coefficient (Wildman–Crippen LogP) is 3.23. The van der Waals surface area contributed by atoms with E-state index in [0.717, 1.165) is 51.6 Å². The van der Waals surface area contributed by atoms with Crippen LogP contribution in [0.15, 0.2) is 32.0 Å². The molecular weight excluding hydrogens is 508 g/mol. The smallest absolute Gasteiger partial charge is 0.234 e. The van der Waals surface area contributed by atoms with Crippen LogP contribution in [0.3, 0.4) is 0 Å². The van der Waals surface area contributed by atoms with Gasteiger partial charge in [-0.05, 0) is 44.0 Å². The average Bonchev–Trinajstić information content (AvgIpc) is 3.15. The van der Waals surface area contributed by atoms with Gasteiger partial charge in [-0.1, -0.05) is 6.07 Å². The van der Waals surface area contributed by atoms with Crippen LogP contribution in [0.25, 0.3) is 0 Å². The van der Waals surface area contributed by atoms with Crippen LogP contribution < -0.4 is 5.32 Å². The normalized spacial score (nSPS) is 20.4. The maximum absolute atomic E-state index is 12.6. The molecule has 1 unspecified atom stereocenters. The van der Waals surface area contributed by atoms with Crippen molar-refractivity contribution >= 4 is 54.9 Å². The van der Waals surface area contributed by atoms with Gasteiger partial charge in [-0.2, -0.15) is 0 Å². The van der Waals surface area contributed by atoms with Crippen molar-refractivity contribution in [1.82, 2.24) is 20.1 Å². The Morgan fingerprint density at radius 3 is 2.64 bits per heavy atom. The maximum atomic E-state index is 12.6. The summed E-state index contributed by atoms with van der Waals surface area (Å²) in [5.41, 5.74) is 2.70. The second-order valence-electron chi connectivity index (χ2n) is 7.06. The number of nitrogens with zero attached hydrogens (tertiary/aromatic N) is 3. The Hall–Kier alpha value is -1.13. The molecule has 0 spiro atoms. The summed E-state index contributed by atoms with van der Waals surface area (Å²) in [7, 11) is 0. The number of amides is 1. The number of fused-ring (bicyclic) bond motifs is 1. The highest BCUT2D eigenvalue weighted by molar-refractivity contribution is 9.12. The van der Waals surface area contributed by atoms with Crippen LogP contribution in [0.2, 0.25) is 0 Å². The molecule has 28 heavy (non-hydrogen) atoms. The third-order valence-corrected chi connectivity index (χ3v) is 7.73. The molecule has 6 nitrogen and oxygen atoms in total. The van der Waals surface area contributed by atoms with Crippen LogP contribution in [0.5, 0.6) is 0 Å². The number of Topliss-reactive ketones (excluding diaryl/α,β-unsaturated/α-hetero) is 1.